The van der Waals surface area contributed by atoms with Crippen molar-refractivity contribution in [3.63, 3.8) is 0 Å². The quantitative estimate of drug-likeness (QED) is 0.192. The molecule has 49 heavy (non-hydrogen) atoms. The molecule has 0 saturated carbocycles. The minimum Gasteiger partial charge on any atom is -0.452 e. The Hall–Kier alpha value is -6.30. The maximum atomic E-state index is 6.35. The molecular formula is C44H25N3OS. The fraction of sp³-hybridized carbons (Fsp3) is 0. The molecule has 5 heteroatoms. The van der Waals surface area contributed by atoms with E-state index in [1.165, 1.54) is 58.4 Å². The standard InChI is InChI=1S/C44H25N3OS/c1-2-12-27(13-3-1)40-42-41(33-16-7-9-20-37(33)48-42)46-44(45-40)28-21-23-30-31-17-10-19-36(43(31)49-38(30)25-28)47-34-18-8-6-15-32(34)39-29-14-5-4-11-26(29)22-24-35(39)47/h1-25H. The van der Waals surface area contributed by atoms with Gasteiger partial charge in [0.15, 0.2) is 11.4 Å². The fourth-order valence-corrected chi connectivity index (χ4v) is 8.85. The molecule has 0 aliphatic carbocycles. The SMILES string of the molecule is c1ccc(-c2nc(-c3ccc4c(c3)sc3c(-n5c6ccccc6c6c7ccccc7ccc65)cccc34)nc3c2oc2ccccc23)cc1. The van der Waals surface area contributed by atoms with Gasteiger partial charge >= 0.3 is 0 Å². The predicted molar refractivity (Wildman–Crippen MR) is 205 cm³/mol. The summed E-state index contributed by atoms with van der Waals surface area (Å²) in [6.07, 6.45) is 0. The van der Waals surface area contributed by atoms with E-state index in [-0.39, 0.29) is 0 Å². The molecule has 0 spiro atoms. The Morgan fingerprint density at radius 1 is 0.531 bits per heavy atom. The van der Waals surface area contributed by atoms with E-state index in [1.54, 1.807) is 0 Å². The molecule has 0 fully saturated rings. The lowest BCUT2D eigenvalue weighted by molar-refractivity contribution is 0.667. The van der Waals surface area contributed by atoms with E-state index in [0.29, 0.717) is 11.4 Å². The Balaban J connectivity index is 1.15. The Bertz CT molecular complexity index is 3110. The van der Waals surface area contributed by atoms with E-state index in [1.807, 2.05) is 47.7 Å². The molecular weight excluding hydrogens is 619 g/mol. The van der Waals surface area contributed by atoms with Crippen LogP contribution in [0.4, 0.5) is 0 Å². The molecule has 228 valence electrons. The van der Waals surface area contributed by atoms with Crippen LogP contribution in [0.2, 0.25) is 0 Å². The van der Waals surface area contributed by atoms with Gasteiger partial charge in [0, 0.05) is 42.8 Å². The summed E-state index contributed by atoms with van der Waals surface area (Å²) in [5.74, 6) is 0.687. The number of hydrogen-bond acceptors (Lipinski definition) is 4. The van der Waals surface area contributed by atoms with E-state index >= 15 is 0 Å². The second-order valence-electron chi connectivity index (χ2n) is 12.5. The van der Waals surface area contributed by atoms with Crippen LogP contribution in [0.5, 0.6) is 0 Å². The van der Waals surface area contributed by atoms with Crippen molar-refractivity contribution in [2.24, 2.45) is 0 Å². The molecule has 0 aliphatic rings. The van der Waals surface area contributed by atoms with Crippen molar-refractivity contribution in [2.75, 3.05) is 0 Å². The van der Waals surface area contributed by atoms with E-state index in [2.05, 4.69) is 120 Å². The second kappa shape index (κ2) is 10.1. The number of aromatic nitrogens is 3. The maximum Gasteiger partial charge on any atom is 0.180 e. The van der Waals surface area contributed by atoms with Crippen LogP contribution in [0.25, 0.3) is 103 Å². The highest BCUT2D eigenvalue weighted by atomic mass is 32.1. The molecule has 11 rings (SSSR count). The average Bonchev–Trinajstić information content (AvgIpc) is 3.84. The molecule has 0 unspecified atom stereocenters. The molecule has 0 amide bonds. The third kappa shape index (κ3) is 3.85. The zero-order valence-electron chi connectivity index (χ0n) is 26.1. The first kappa shape index (κ1) is 26.7. The fourth-order valence-electron chi connectivity index (χ4n) is 7.61. The van der Waals surface area contributed by atoms with Gasteiger partial charge in [0.05, 0.1) is 21.4 Å². The van der Waals surface area contributed by atoms with E-state index in [9.17, 15) is 0 Å². The lowest BCUT2D eigenvalue weighted by atomic mass is 10.0. The van der Waals surface area contributed by atoms with Gasteiger partial charge in [-0.3, -0.25) is 0 Å². The number of thiophene rings is 1. The van der Waals surface area contributed by atoms with Gasteiger partial charge in [-0.15, -0.1) is 11.3 Å². The minimum absolute atomic E-state index is 0.687. The Morgan fingerprint density at radius 3 is 2.22 bits per heavy atom. The molecule has 0 radical (unpaired) electrons. The van der Waals surface area contributed by atoms with Crippen LogP contribution in [0.15, 0.2) is 156 Å². The van der Waals surface area contributed by atoms with Crippen LogP contribution < -0.4 is 0 Å². The molecule has 0 atom stereocenters. The Morgan fingerprint density at radius 2 is 1.31 bits per heavy atom. The van der Waals surface area contributed by atoms with Gasteiger partial charge in [-0.25, -0.2) is 9.97 Å². The normalized spacial score (nSPS) is 12.1. The topological polar surface area (TPSA) is 43.9 Å². The van der Waals surface area contributed by atoms with Crippen LogP contribution in [0.3, 0.4) is 0 Å². The lowest BCUT2D eigenvalue weighted by Gasteiger charge is -2.09. The molecule has 7 aromatic carbocycles. The summed E-state index contributed by atoms with van der Waals surface area (Å²) in [5, 5.41) is 8.56. The van der Waals surface area contributed by atoms with Gasteiger partial charge in [0.2, 0.25) is 0 Å². The molecule has 4 heterocycles. The van der Waals surface area contributed by atoms with Gasteiger partial charge < -0.3 is 8.98 Å². The van der Waals surface area contributed by atoms with Gasteiger partial charge in [-0.05, 0) is 47.2 Å². The molecule has 0 N–H and O–H groups in total. The minimum atomic E-state index is 0.687. The van der Waals surface area contributed by atoms with Crippen LogP contribution in [-0.4, -0.2) is 14.5 Å². The summed E-state index contributed by atoms with van der Waals surface area (Å²) >= 11 is 1.83. The number of rotatable bonds is 3. The lowest BCUT2D eigenvalue weighted by Crippen LogP contribution is -1.93. The van der Waals surface area contributed by atoms with Crippen molar-refractivity contribution >= 4 is 86.2 Å². The van der Waals surface area contributed by atoms with Crippen LogP contribution in [0.1, 0.15) is 0 Å². The van der Waals surface area contributed by atoms with Gasteiger partial charge in [-0.1, -0.05) is 115 Å². The Labute approximate surface area is 284 Å². The summed E-state index contributed by atoms with van der Waals surface area (Å²) in [5.41, 5.74) is 8.75. The monoisotopic (exact) mass is 643 g/mol. The van der Waals surface area contributed by atoms with Crippen LogP contribution in [-0.2, 0) is 0 Å². The zero-order chi connectivity index (χ0) is 32.1. The van der Waals surface area contributed by atoms with Gasteiger partial charge in [0.1, 0.15) is 16.8 Å². The number of nitrogens with zero attached hydrogens (tertiary/aromatic N) is 3. The van der Waals surface area contributed by atoms with Crippen molar-refractivity contribution in [3.8, 4) is 28.3 Å². The number of hydrogen-bond donors (Lipinski definition) is 0. The van der Waals surface area contributed by atoms with Gasteiger partial charge in [-0.2, -0.15) is 0 Å². The van der Waals surface area contributed by atoms with Crippen molar-refractivity contribution < 1.29 is 4.42 Å². The molecule has 0 aliphatic heterocycles. The molecule has 0 saturated heterocycles. The number of para-hydroxylation sites is 2. The molecule has 0 bridgehead atoms. The third-order valence-corrected chi connectivity index (χ3v) is 11.0. The number of benzene rings is 7. The van der Waals surface area contributed by atoms with Crippen molar-refractivity contribution in [2.45, 2.75) is 0 Å². The van der Waals surface area contributed by atoms with Crippen molar-refractivity contribution in [3.05, 3.63) is 152 Å². The maximum absolute atomic E-state index is 6.35. The third-order valence-electron chi connectivity index (χ3n) is 9.81. The first-order valence-electron chi connectivity index (χ1n) is 16.4. The van der Waals surface area contributed by atoms with Crippen LogP contribution in [0, 0.1) is 0 Å². The summed E-state index contributed by atoms with van der Waals surface area (Å²) in [7, 11) is 0. The molecule has 11 aromatic rings. The van der Waals surface area contributed by atoms with Crippen molar-refractivity contribution in [1.82, 2.24) is 14.5 Å². The largest absolute Gasteiger partial charge is 0.452 e. The smallest absolute Gasteiger partial charge is 0.180 e. The summed E-state index contributed by atoms with van der Waals surface area (Å²) in [6, 6.07) is 53.6. The highest BCUT2D eigenvalue weighted by Crippen LogP contribution is 2.43. The highest BCUT2D eigenvalue weighted by Gasteiger charge is 2.20. The number of furan rings is 1. The second-order valence-corrected chi connectivity index (χ2v) is 13.6. The first-order chi connectivity index (χ1) is 24.3. The molecule has 4 aromatic heterocycles. The van der Waals surface area contributed by atoms with E-state index in [4.69, 9.17) is 14.4 Å². The molecule has 4 nitrogen and oxygen atoms in total. The summed E-state index contributed by atoms with van der Waals surface area (Å²) in [4.78, 5) is 10.3. The zero-order valence-corrected chi connectivity index (χ0v) is 26.9. The average molecular weight is 644 g/mol. The highest BCUT2D eigenvalue weighted by molar-refractivity contribution is 7.26. The first-order valence-corrected chi connectivity index (χ1v) is 17.2. The van der Waals surface area contributed by atoms with E-state index in [0.717, 1.165) is 33.3 Å². The number of fused-ring (bicyclic) bond motifs is 11. The van der Waals surface area contributed by atoms with Gasteiger partial charge in [0.25, 0.3) is 0 Å². The van der Waals surface area contributed by atoms with Crippen molar-refractivity contribution in [1.29, 1.82) is 0 Å². The van der Waals surface area contributed by atoms with Crippen LogP contribution >= 0.6 is 11.3 Å². The predicted octanol–water partition coefficient (Wildman–Crippen LogP) is 12.3. The Kier molecular flexibility index (Phi) is 5.51. The van der Waals surface area contributed by atoms with E-state index < -0.39 is 0 Å². The summed E-state index contributed by atoms with van der Waals surface area (Å²) < 4.78 is 11.3. The summed E-state index contributed by atoms with van der Waals surface area (Å²) in [6.45, 7) is 0.